The van der Waals surface area contributed by atoms with E-state index in [1.807, 2.05) is 17.0 Å². The van der Waals surface area contributed by atoms with E-state index in [4.69, 9.17) is 0 Å². The Morgan fingerprint density at radius 1 is 0.939 bits per heavy atom. The first-order valence-corrected chi connectivity index (χ1v) is 12.1. The molecule has 0 radical (unpaired) electrons. The topological polar surface area (TPSA) is 61.4 Å². The number of nitrogens with one attached hydrogen (secondary N) is 2. The van der Waals surface area contributed by atoms with Crippen LogP contribution in [0.15, 0.2) is 48.5 Å². The Balaban J connectivity index is 1.50. The van der Waals surface area contributed by atoms with Gasteiger partial charge in [-0.3, -0.25) is 4.79 Å². The lowest BCUT2D eigenvalue weighted by Gasteiger charge is -2.23. The molecule has 0 bridgehead atoms. The molecular weight excluding hydrogens is 417 g/mol. The molecule has 33 heavy (non-hydrogen) atoms. The number of aryl methyl sites for hydroxylation is 1. The van der Waals surface area contributed by atoms with Gasteiger partial charge >= 0.3 is 6.03 Å². The molecule has 2 aromatic rings. The molecule has 2 atom stereocenters. The maximum atomic E-state index is 13.4. The van der Waals surface area contributed by atoms with E-state index in [-0.39, 0.29) is 23.7 Å². The highest BCUT2D eigenvalue weighted by molar-refractivity contribution is 5.86. The van der Waals surface area contributed by atoms with Crippen molar-refractivity contribution in [3.63, 3.8) is 0 Å². The Morgan fingerprint density at radius 2 is 1.52 bits per heavy atom. The van der Waals surface area contributed by atoms with E-state index in [9.17, 15) is 14.0 Å². The molecule has 3 amide bonds. The first-order valence-electron chi connectivity index (χ1n) is 12.1. The van der Waals surface area contributed by atoms with E-state index in [0.717, 1.165) is 57.2 Å². The summed E-state index contributed by atoms with van der Waals surface area (Å²) in [7, 11) is 0. The highest BCUT2D eigenvalue weighted by Crippen LogP contribution is 2.29. The molecule has 1 aliphatic rings. The van der Waals surface area contributed by atoms with Crippen LogP contribution in [0.5, 0.6) is 0 Å². The zero-order valence-electron chi connectivity index (χ0n) is 19.8. The number of benzene rings is 2. The lowest BCUT2D eigenvalue weighted by Crippen LogP contribution is -2.50. The van der Waals surface area contributed by atoms with Crippen molar-refractivity contribution in [3.05, 3.63) is 71.0 Å². The zero-order valence-corrected chi connectivity index (χ0v) is 19.8. The van der Waals surface area contributed by atoms with Gasteiger partial charge in [-0.25, -0.2) is 9.18 Å². The van der Waals surface area contributed by atoms with Crippen molar-refractivity contribution in [3.8, 4) is 0 Å². The van der Waals surface area contributed by atoms with Gasteiger partial charge in [0.05, 0.1) is 0 Å². The predicted octanol–water partition coefficient (Wildman–Crippen LogP) is 5.14. The summed E-state index contributed by atoms with van der Waals surface area (Å²) in [5.74, 6) is -0.292. The van der Waals surface area contributed by atoms with Crippen LogP contribution in [0.4, 0.5) is 9.18 Å². The van der Waals surface area contributed by atoms with E-state index >= 15 is 0 Å². The molecule has 3 rings (SSSR count). The molecule has 1 aliphatic heterocycles. The van der Waals surface area contributed by atoms with Crippen LogP contribution in [0.25, 0.3) is 0 Å². The Labute approximate surface area is 196 Å². The van der Waals surface area contributed by atoms with Crippen LogP contribution in [0.3, 0.4) is 0 Å². The number of carbonyl (C=O) groups is 2. The van der Waals surface area contributed by atoms with Crippen LogP contribution in [0.1, 0.15) is 68.1 Å². The van der Waals surface area contributed by atoms with Crippen molar-refractivity contribution >= 4 is 11.9 Å². The summed E-state index contributed by atoms with van der Waals surface area (Å²) in [4.78, 5) is 26.8. The number of hydrogen-bond acceptors (Lipinski definition) is 2. The molecule has 1 fully saturated rings. The van der Waals surface area contributed by atoms with Crippen LogP contribution in [0, 0.1) is 12.7 Å². The molecule has 0 aliphatic carbocycles. The summed E-state index contributed by atoms with van der Waals surface area (Å²) in [5, 5.41) is 5.78. The minimum absolute atomic E-state index is 0.128. The quantitative estimate of drug-likeness (QED) is 0.544. The Bertz CT molecular complexity index is 845. The third-order valence-corrected chi connectivity index (χ3v) is 6.35. The number of halogens is 1. The van der Waals surface area contributed by atoms with E-state index < -0.39 is 6.04 Å². The van der Waals surface area contributed by atoms with Gasteiger partial charge in [-0.05, 0) is 62.8 Å². The van der Waals surface area contributed by atoms with E-state index in [2.05, 4.69) is 41.8 Å². The normalized spacial score (nSPS) is 15.9. The summed E-state index contributed by atoms with van der Waals surface area (Å²) in [5.41, 5.74) is 3.43. The second kappa shape index (κ2) is 12.4. The highest BCUT2D eigenvalue weighted by atomic mass is 19.1. The largest absolute Gasteiger partial charge is 0.354 e. The maximum Gasteiger partial charge on any atom is 0.318 e. The summed E-state index contributed by atoms with van der Waals surface area (Å²) >= 11 is 0. The van der Waals surface area contributed by atoms with Crippen molar-refractivity contribution < 1.29 is 14.0 Å². The van der Waals surface area contributed by atoms with Crippen molar-refractivity contribution in [2.24, 2.45) is 0 Å². The van der Waals surface area contributed by atoms with Crippen molar-refractivity contribution in [1.82, 2.24) is 15.5 Å². The van der Waals surface area contributed by atoms with Crippen molar-refractivity contribution in [1.29, 1.82) is 0 Å². The monoisotopic (exact) mass is 453 g/mol. The molecular formula is C27H36FN3O2. The minimum Gasteiger partial charge on any atom is -0.354 e. The molecule has 6 heteroatoms. The smallest absolute Gasteiger partial charge is 0.318 e. The maximum absolute atomic E-state index is 13.4. The number of nitrogens with zero attached hydrogens (tertiary/aromatic N) is 1. The molecule has 178 valence electrons. The van der Waals surface area contributed by atoms with Crippen LogP contribution < -0.4 is 10.6 Å². The van der Waals surface area contributed by atoms with Gasteiger partial charge in [0.1, 0.15) is 11.9 Å². The number of amides is 3. The van der Waals surface area contributed by atoms with Crippen LogP contribution >= 0.6 is 0 Å². The van der Waals surface area contributed by atoms with Gasteiger partial charge in [0.25, 0.3) is 0 Å². The predicted molar refractivity (Wildman–Crippen MR) is 130 cm³/mol. The first kappa shape index (κ1) is 24.7. The van der Waals surface area contributed by atoms with Gasteiger partial charge in [-0.1, -0.05) is 54.8 Å². The molecule has 0 aromatic heterocycles. The highest BCUT2D eigenvalue weighted by Gasteiger charge is 2.21. The second-order valence-corrected chi connectivity index (χ2v) is 9.02. The average molecular weight is 454 g/mol. The van der Waals surface area contributed by atoms with E-state index in [1.54, 1.807) is 6.92 Å². The third-order valence-electron chi connectivity index (χ3n) is 6.35. The third kappa shape index (κ3) is 7.58. The summed E-state index contributed by atoms with van der Waals surface area (Å²) in [6.45, 7) is 5.80. The summed E-state index contributed by atoms with van der Waals surface area (Å²) < 4.78 is 13.4. The minimum atomic E-state index is -0.578. The fraction of sp³-hybridized carbons (Fsp3) is 0.481. The fourth-order valence-electron chi connectivity index (χ4n) is 4.31. The van der Waals surface area contributed by atoms with Crippen LogP contribution in [-0.4, -0.2) is 42.5 Å². The number of likely N-dealkylation sites (tertiary alicyclic amines) is 1. The molecule has 2 N–H and O–H groups in total. The lowest BCUT2D eigenvalue weighted by molar-refractivity contribution is -0.122. The molecule has 0 saturated carbocycles. The van der Waals surface area contributed by atoms with Gasteiger partial charge in [0.2, 0.25) is 5.91 Å². The lowest BCUT2D eigenvalue weighted by atomic mass is 9.87. The molecule has 1 saturated heterocycles. The van der Waals surface area contributed by atoms with Crippen LogP contribution in [0.2, 0.25) is 0 Å². The van der Waals surface area contributed by atoms with Gasteiger partial charge in [0.15, 0.2) is 0 Å². The Kier molecular flexibility index (Phi) is 9.28. The van der Waals surface area contributed by atoms with Gasteiger partial charge < -0.3 is 15.5 Å². The van der Waals surface area contributed by atoms with Crippen LogP contribution in [-0.2, 0) is 4.79 Å². The standard InChI is InChI=1S/C27H36FN3O2/c1-20-9-11-22(12-10-20)25(23-13-15-24(28)16-14-23)8-7-17-29-26(32)21(2)30-27(33)31-18-5-3-4-6-19-31/h9-16,21,25H,3-8,17-19H2,1-2H3,(H,29,32)(H,30,33)/t21-,25?/m0/s1. The molecule has 2 aromatic carbocycles. The van der Waals surface area contributed by atoms with Gasteiger partial charge in [-0.15, -0.1) is 0 Å². The molecule has 1 unspecified atom stereocenters. The summed E-state index contributed by atoms with van der Waals surface area (Å²) in [6, 6.07) is 14.3. The van der Waals surface area contributed by atoms with Gasteiger partial charge in [0, 0.05) is 25.6 Å². The molecule has 5 nitrogen and oxygen atoms in total. The Morgan fingerprint density at radius 3 is 2.12 bits per heavy atom. The molecule has 0 spiro atoms. The number of rotatable bonds is 8. The van der Waals surface area contributed by atoms with E-state index in [0.29, 0.717) is 6.54 Å². The average Bonchev–Trinajstić information content (AvgIpc) is 3.10. The van der Waals surface area contributed by atoms with Gasteiger partial charge in [-0.2, -0.15) is 0 Å². The first-order chi connectivity index (χ1) is 15.9. The zero-order chi connectivity index (χ0) is 23.6. The Hall–Kier alpha value is -2.89. The number of hydrogen-bond donors (Lipinski definition) is 2. The van der Waals surface area contributed by atoms with Crippen molar-refractivity contribution in [2.75, 3.05) is 19.6 Å². The second-order valence-electron chi connectivity index (χ2n) is 9.02. The van der Waals surface area contributed by atoms with E-state index in [1.165, 1.54) is 23.3 Å². The summed E-state index contributed by atoms with van der Waals surface area (Å²) in [6.07, 6.45) is 5.94. The molecule has 1 heterocycles. The number of carbonyl (C=O) groups excluding carboxylic acids is 2. The number of urea groups is 1. The fourth-order valence-corrected chi connectivity index (χ4v) is 4.31. The SMILES string of the molecule is Cc1ccc(C(CCCNC(=O)[C@H](C)NC(=O)N2CCCCCC2)c2ccc(F)cc2)cc1. The van der Waals surface area contributed by atoms with Crippen molar-refractivity contribution in [2.45, 2.75) is 64.3 Å².